The molecule has 1 aromatic carbocycles. The predicted octanol–water partition coefficient (Wildman–Crippen LogP) is 1.10. The van der Waals surface area contributed by atoms with Crippen LogP contribution in [-0.4, -0.2) is 32.4 Å². The van der Waals surface area contributed by atoms with E-state index in [1.54, 1.807) is 24.7 Å². The van der Waals surface area contributed by atoms with E-state index in [0.717, 1.165) is 5.69 Å². The first kappa shape index (κ1) is 11.0. The highest BCUT2D eigenvalue weighted by Crippen LogP contribution is 2.31. The van der Waals surface area contributed by atoms with Gasteiger partial charge in [0.25, 0.3) is 5.91 Å². The number of hydrogen-bond donors (Lipinski definition) is 2. The fraction of sp³-hybridized carbons (Fsp3) is 0.231. The summed E-state index contributed by atoms with van der Waals surface area (Å²) < 4.78 is 0. The van der Waals surface area contributed by atoms with Gasteiger partial charge in [-0.15, -0.1) is 0 Å². The second-order valence-electron chi connectivity index (χ2n) is 4.29. The Morgan fingerprint density at radius 2 is 2.22 bits per heavy atom. The summed E-state index contributed by atoms with van der Waals surface area (Å²) in [6.07, 6.45) is 3.14. The first-order chi connectivity index (χ1) is 8.77. The maximum atomic E-state index is 12.1. The molecule has 18 heavy (non-hydrogen) atoms. The Labute approximate surface area is 104 Å². The second-order valence-corrected chi connectivity index (χ2v) is 4.29. The molecule has 0 saturated heterocycles. The van der Waals surface area contributed by atoms with Crippen LogP contribution in [0.25, 0.3) is 0 Å². The Morgan fingerprint density at radius 3 is 2.94 bits per heavy atom. The lowest BCUT2D eigenvalue weighted by Crippen LogP contribution is -2.30. The van der Waals surface area contributed by atoms with Crippen molar-refractivity contribution < 1.29 is 9.90 Å². The fourth-order valence-corrected chi connectivity index (χ4v) is 2.24. The molecule has 1 unspecified atom stereocenters. The number of aliphatic hydroxyl groups is 1. The molecule has 2 heterocycles. The van der Waals surface area contributed by atoms with E-state index in [1.165, 1.54) is 4.90 Å². The smallest absolute Gasteiger partial charge is 0.256 e. The van der Waals surface area contributed by atoms with Crippen molar-refractivity contribution in [2.75, 3.05) is 6.54 Å². The topological polar surface area (TPSA) is 69.2 Å². The number of fused-ring (bicyclic) bond motifs is 1. The molecular weight excluding hydrogens is 230 g/mol. The van der Waals surface area contributed by atoms with Crippen LogP contribution in [0.2, 0.25) is 0 Å². The zero-order valence-corrected chi connectivity index (χ0v) is 9.71. The number of carbonyl (C=O) groups excluding carboxylic acids is 1. The van der Waals surface area contributed by atoms with Crippen LogP contribution < -0.4 is 0 Å². The van der Waals surface area contributed by atoms with Gasteiger partial charge in [-0.1, -0.05) is 18.2 Å². The minimum Gasteiger partial charge on any atom is -0.369 e. The molecule has 1 atom stereocenters. The highest BCUT2D eigenvalue weighted by Gasteiger charge is 2.34. The number of H-pyrrole nitrogens is 1. The standard InChI is InChI=1S/C13H13N3O2/c17-12-10-3-1-2-4-11(10)13(18)16(12)6-5-9-7-14-8-15-9/h1-4,7-8,12,17H,5-6H2,(H,14,15). The van der Waals surface area contributed by atoms with E-state index in [0.29, 0.717) is 24.1 Å². The second kappa shape index (κ2) is 4.27. The number of aromatic nitrogens is 2. The minimum atomic E-state index is -0.836. The van der Waals surface area contributed by atoms with E-state index in [2.05, 4.69) is 9.97 Å². The molecule has 1 aliphatic heterocycles. The normalized spacial score (nSPS) is 18.2. The highest BCUT2D eigenvalue weighted by molar-refractivity contribution is 5.98. The quantitative estimate of drug-likeness (QED) is 0.848. The van der Waals surface area contributed by atoms with Gasteiger partial charge in [-0.2, -0.15) is 0 Å². The van der Waals surface area contributed by atoms with Crippen molar-refractivity contribution in [2.24, 2.45) is 0 Å². The van der Waals surface area contributed by atoms with Crippen molar-refractivity contribution in [2.45, 2.75) is 12.6 Å². The van der Waals surface area contributed by atoms with Crippen molar-refractivity contribution in [3.8, 4) is 0 Å². The van der Waals surface area contributed by atoms with Crippen LogP contribution in [0.1, 0.15) is 27.8 Å². The van der Waals surface area contributed by atoms with Crippen molar-refractivity contribution in [1.29, 1.82) is 0 Å². The number of amides is 1. The molecule has 2 N–H and O–H groups in total. The van der Waals surface area contributed by atoms with E-state index < -0.39 is 6.23 Å². The van der Waals surface area contributed by atoms with Gasteiger partial charge in [-0.25, -0.2) is 4.98 Å². The lowest BCUT2D eigenvalue weighted by molar-refractivity contribution is 0.0181. The Bertz CT molecular complexity index is 565. The Hall–Kier alpha value is -2.14. The first-order valence-corrected chi connectivity index (χ1v) is 5.82. The van der Waals surface area contributed by atoms with Crippen molar-refractivity contribution in [1.82, 2.24) is 14.9 Å². The van der Waals surface area contributed by atoms with E-state index in [1.807, 2.05) is 12.1 Å². The van der Waals surface area contributed by atoms with E-state index in [4.69, 9.17) is 0 Å². The highest BCUT2D eigenvalue weighted by atomic mass is 16.3. The third-order valence-corrected chi connectivity index (χ3v) is 3.20. The molecule has 1 aromatic heterocycles. The number of rotatable bonds is 3. The van der Waals surface area contributed by atoms with E-state index in [-0.39, 0.29) is 5.91 Å². The number of benzene rings is 1. The van der Waals surface area contributed by atoms with Crippen LogP contribution in [-0.2, 0) is 6.42 Å². The number of hydrogen-bond acceptors (Lipinski definition) is 3. The van der Waals surface area contributed by atoms with Crippen LogP contribution in [0, 0.1) is 0 Å². The Balaban J connectivity index is 1.77. The van der Waals surface area contributed by atoms with Gasteiger partial charge in [0.15, 0.2) is 6.23 Å². The molecule has 0 fully saturated rings. The summed E-state index contributed by atoms with van der Waals surface area (Å²) >= 11 is 0. The van der Waals surface area contributed by atoms with Gasteiger partial charge in [0.2, 0.25) is 0 Å². The number of nitrogens with zero attached hydrogens (tertiary/aromatic N) is 2. The summed E-state index contributed by atoms with van der Waals surface area (Å²) in [5.41, 5.74) is 2.23. The average molecular weight is 243 g/mol. The summed E-state index contributed by atoms with van der Waals surface area (Å²) in [5.74, 6) is -0.113. The summed E-state index contributed by atoms with van der Waals surface area (Å²) in [7, 11) is 0. The van der Waals surface area contributed by atoms with Crippen LogP contribution in [0.5, 0.6) is 0 Å². The van der Waals surface area contributed by atoms with Crippen LogP contribution in [0.3, 0.4) is 0 Å². The third-order valence-electron chi connectivity index (χ3n) is 3.20. The molecule has 1 aliphatic rings. The Kier molecular flexibility index (Phi) is 2.60. The lowest BCUT2D eigenvalue weighted by Gasteiger charge is -2.20. The predicted molar refractivity (Wildman–Crippen MR) is 64.7 cm³/mol. The zero-order valence-electron chi connectivity index (χ0n) is 9.71. The molecule has 0 radical (unpaired) electrons. The SMILES string of the molecule is O=C1c2ccccc2C(O)N1CCc1cnc[nH]1. The molecule has 0 bridgehead atoms. The molecule has 0 saturated carbocycles. The van der Waals surface area contributed by atoms with Gasteiger partial charge in [-0.05, 0) is 6.07 Å². The molecule has 92 valence electrons. The average Bonchev–Trinajstić information content (AvgIpc) is 2.98. The maximum Gasteiger partial charge on any atom is 0.256 e. The fourth-order valence-electron chi connectivity index (χ4n) is 2.24. The van der Waals surface area contributed by atoms with Crippen molar-refractivity contribution >= 4 is 5.91 Å². The van der Waals surface area contributed by atoms with E-state index >= 15 is 0 Å². The maximum absolute atomic E-state index is 12.1. The number of aromatic amines is 1. The summed E-state index contributed by atoms with van der Waals surface area (Å²) in [6, 6.07) is 7.17. The van der Waals surface area contributed by atoms with Gasteiger partial charge in [0.05, 0.1) is 6.33 Å². The largest absolute Gasteiger partial charge is 0.369 e. The van der Waals surface area contributed by atoms with Crippen LogP contribution >= 0.6 is 0 Å². The van der Waals surface area contributed by atoms with Crippen molar-refractivity contribution in [3.05, 3.63) is 53.6 Å². The summed E-state index contributed by atoms with van der Waals surface area (Å²) in [6.45, 7) is 0.469. The van der Waals surface area contributed by atoms with Crippen LogP contribution in [0.15, 0.2) is 36.8 Å². The minimum absolute atomic E-state index is 0.113. The van der Waals surface area contributed by atoms with Gasteiger partial charge < -0.3 is 15.0 Å². The summed E-state index contributed by atoms with van der Waals surface area (Å²) in [4.78, 5) is 20.5. The Morgan fingerprint density at radius 1 is 1.39 bits per heavy atom. The van der Waals surface area contributed by atoms with Gasteiger partial charge in [0.1, 0.15) is 0 Å². The molecule has 1 amide bonds. The first-order valence-electron chi connectivity index (χ1n) is 5.82. The molecule has 5 nitrogen and oxygen atoms in total. The van der Waals surface area contributed by atoms with Crippen molar-refractivity contribution in [3.63, 3.8) is 0 Å². The van der Waals surface area contributed by atoms with Gasteiger partial charge in [-0.3, -0.25) is 4.79 Å². The third kappa shape index (κ3) is 1.69. The van der Waals surface area contributed by atoms with Crippen LogP contribution in [0.4, 0.5) is 0 Å². The molecule has 0 aliphatic carbocycles. The molecule has 0 spiro atoms. The monoisotopic (exact) mass is 243 g/mol. The molecule has 5 heteroatoms. The summed E-state index contributed by atoms with van der Waals surface area (Å²) in [5, 5.41) is 10.1. The molecular formula is C13H13N3O2. The lowest BCUT2D eigenvalue weighted by atomic mass is 10.1. The number of imidazole rings is 1. The number of carbonyl (C=O) groups is 1. The van der Waals surface area contributed by atoms with Gasteiger partial charge >= 0.3 is 0 Å². The zero-order chi connectivity index (χ0) is 12.5. The molecule has 2 aromatic rings. The number of nitrogens with one attached hydrogen (secondary N) is 1. The van der Waals surface area contributed by atoms with Gasteiger partial charge in [0, 0.05) is 36.0 Å². The van der Waals surface area contributed by atoms with E-state index in [9.17, 15) is 9.90 Å². The number of aliphatic hydroxyl groups excluding tert-OH is 1. The molecule has 3 rings (SSSR count).